The number of halogens is 1. The molecular weight excluding hydrogens is 802 g/mol. The van der Waals surface area contributed by atoms with E-state index in [-0.39, 0.29) is 85.8 Å². The molecule has 4 aliphatic rings. The maximum Gasteiger partial charge on any atom is 0.407 e. The summed E-state index contributed by atoms with van der Waals surface area (Å²) < 4.78 is 28.0. The third kappa shape index (κ3) is 6.30. The van der Waals surface area contributed by atoms with E-state index in [2.05, 4.69) is 5.32 Å². The number of benzene rings is 3. The maximum atomic E-state index is 15.6. The normalized spacial score (nSPS) is 18.5. The molecule has 0 saturated carbocycles. The van der Waals surface area contributed by atoms with Gasteiger partial charge in [-0.1, -0.05) is 55.5 Å². The van der Waals surface area contributed by atoms with E-state index in [1.54, 1.807) is 13.8 Å². The van der Waals surface area contributed by atoms with Crippen molar-refractivity contribution in [1.82, 2.24) is 19.8 Å². The molecule has 0 radical (unpaired) electrons. The number of primary amides is 1. The minimum Gasteiger partial charge on any atom is -0.480 e. The molecular formula is C46H42FN5O10. The molecule has 15 nitrogen and oxygen atoms in total. The minimum absolute atomic E-state index is 0.0378. The smallest absolute Gasteiger partial charge is 0.407 e. The Balaban J connectivity index is 1.10. The van der Waals surface area contributed by atoms with Gasteiger partial charge in [-0.25, -0.2) is 23.8 Å². The van der Waals surface area contributed by atoms with E-state index >= 15 is 4.39 Å². The Morgan fingerprint density at radius 1 is 1.06 bits per heavy atom. The van der Waals surface area contributed by atoms with Crippen molar-refractivity contribution in [2.24, 2.45) is 5.73 Å². The predicted octanol–water partition coefficient (Wildman–Crippen LogP) is 4.60. The average molecular weight is 844 g/mol. The van der Waals surface area contributed by atoms with Crippen LogP contribution in [-0.2, 0) is 53.8 Å². The first-order chi connectivity index (χ1) is 29.7. The Hall–Kier alpha value is -6.94. The predicted molar refractivity (Wildman–Crippen MR) is 220 cm³/mol. The number of ether oxygens (including phenoxy) is 2. The van der Waals surface area contributed by atoms with Crippen LogP contribution in [0.15, 0.2) is 65.5 Å². The summed E-state index contributed by atoms with van der Waals surface area (Å²) in [4.78, 5) is 86.2. The number of esters is 1. The van der Waals surface area contributed by atoms with Crippen molar-refractivity contribution >= 4 is 40.7 Å². The first-order valence-electron chi connectivity index (χ1n) is 20.5. The van der Waals surface area contributed by atoms with Crippen molar-refractivity contribution in [2.45, 2.75) is 82.7 Å². The highest BCUT2D eigenvalue weighted by molar-refractivity contribution is 5.95. The molecule has 3 amide bonds. The number of aryl methyl sites for hydroxylation is 1. The monoisotopic (exact) mass is 843 g/mol. The van der Waals surface area contributed by atoms with Crippen molar-refractivity contribution < 1.29 is 48.0 Å². The fourth-order valence-corrected chi connectivity index (χ4v) is 9.92. The number of nitrogens with zero attached hydrogens (tertiary/aromatic N) is 3. The first-order valence-corrected chi connectivity index (χ1v) is 20.5. The lowest BCUT2D eigenvalue weighted by molar-refractivity contribution is -0.172. The Kier molecular flexibility index (Phi) is 9.92. The molecule has 3 atom stereocenters. The zero-order chi connectivity index (χ0) is 43.8. The molecule has 4 heterocycles. The lowest BCUT2D eigenvalue weighted by atomic mass is 9.80. The number of carbonyl (C=O) groups is 5. The number of aliphatic hydroxyl groups is 1. The lowest BCUT2D eigenvalue weighted by Gasteiger charge is -2.40. The molecule has 0 bridgehead atoms. The number of hydrogen-bond donors (Lipinski definition) is 4. The summed E-state index contributed by atoms with van der Waals surface area (Å²) in [5, 5.41) is 25.2. The first kappa shape index (κ1) is 40.5. The molecule has 3 aromatic carbocycles. The van der Waals surface area contributed by atoms with Crippen molar-refractivity contribution in [3.63, 3.8) is 0 Å². The summed E-state index contributed by atoms with van der Waals surface area (Å²) in [6.45, 7) is 2.00. The topological polar surface area (TPSA) is 220 Å². The Bertz CT molecular complexity index is 2810. The van der Waals surface area contributed by atoms with Gasteiger partial charge in [0.05, 0.1) is 35.1 Å². The number of rotatable bonds is 11. The third-order valence-electron chi connectivity index (χ3n) is 13.0. The largest absolute Gasteiger partial charge is 0.480 e. The Morgan fingerprint density at radius 2 is 1.76 bits per heavy atom. The van der Waals surface area contributed by atoms with Gasteiger partial charge in [0.25, 0.3) is 5.56 Å². The molecule has 62 heavy (non-hydrogen) atoms. The van der Waals surface area contributed by atoms with E-state index in [1.165, 1.54) is 16.7 Å². The van der Waals surface area contributed by atoms with Crippen molar-refractivity contribution in [2.75, 3.05) is 13.2 Å². The minimum atomic E-state index is -2.12. The van der Waals surface area contributed by atoms with Gasteiger partial charge < -0.3 is 40.2 Å². The van der Waals surface area contributed by atoms with E-state index in [4.69, 9.17) is 20.2 Å². The fourth-order valence-electron chi connectivity index (χ4n) is 9.92. The molecule has 0 saturated heterocycles. The molecule has 9 rings (SSSR count). The number of amides is 3. The van der Waals surface area contributed by atoms with Gasteiger partial charge in [-0.2, -0.15) is 0 Å². The van der Waals surface area contributed by atoms with Crippen LogP contribution in [0.25, 0.3) is 33.4 Å². The molecule has 0 spiro atoms. The number of nitrogens with two attached hydrogens (primary N) is 1. The van der Waals surface area contributed by atoms with Gasteiger partial charge in [0, 0.05) is 34.9 Å². The van der Waals surface area contributed by atoms with Gasteiger partial charge in [-0.05, 0) is 77.6 Å². The van der Waals surface area contributed by atoms with Gasteiger partial charge in [-0.15, -0.1) is 0 Å². The van der Waals surface area contributed by atoms with Gasteiger partial charge in [-0.3, -0.25) is 14.4 Å². The van der Waals surface area contributed by atoms with Crippen LogP contribution in [0.5, 0.6) is 0 Å². The van der Waals surface area contributed by atoms with Crippen molar-refractivity contribution in [3.05, 3.63) is 121 Å². The van der Waals surface area contributed by atoms with Crippen LogP contribution in [0.1, 0.15) is 89.1 Å². The number of carboxylic acids is 1. The number of pyridine rings is 2. The summed E-state index contributed by atoms with van der Waals surface area (Å²) in [7, 11) is 0. The number of carboxylic acid groups (broad SMARTS) is 1. The molecule has 5 N–H and O–H groups in total. The summed E-state index contributed by atoms with van der Waals surface area (Å²) in [6.07, 6.45) is -1.45. The van der Waals surface area contributed by atoms with Crippen LogP contribution in [-0.4, -0.2) is 73.7 Å². The highest BCUT2D eigenvalue weighted by Crippen LogP contribution is 2.49. The SMILES string of the molecule is CC[C@@]1(O)C(=O)OCc2c1cc1n(c2=O)Cc2c-1nc1cc(F)c(C)c3c1c2[C@@H](N(C(=O)CNC(=O)OCC1c2ccccc2-c2ccccc21)[C@@H](CCC(N)=O)C(=O)O)CC3. The Morgan fingerprint density at radius 3 is 2.42 bits per heavy atom. The second-order valence-corrected chi connectivity index (χ2v) is 16.2. The van der Waals surface area contributed by atoms with Crippen LogP contribution < -0.4 is 16.6 Å². The second-order valence-electron chi connectivity index (χ2n) is 16.2. The van der Waals surface area contributed by atoms with Gasteiger partial charge in [0.15, 0.2) is 5.60 Å². The van der Waals surface area contributed by atoms with Crippen LogP contribution >= 0.6 is 0 Å². The number of aromatic nitrogens is 2. The van der Waals surface area contributed by atoms with E-state index in [0.29, 0.717) is 27.6 Å². The highest BCUT2D eigenvalue weighted by Gasteiger charge is 2.47. The van der Waals surface area contributed by atoms with Crippen molar-refractivity contribution in [3.8, 4) is 22.5 Å². The Labute approximate surface area is 353 Å². The van der Waals surface area contributed by atoms with Gasteiger partial charge in [0.2, 0.25) is 11.8 Å². The zero-order valence-corrected chi connectivity index (χ0v) is 33.8. The van der Waals surface area contributed by atoms with Crippen LogP contribution in [0.3, 0.4) is 0 Å². The van der Waals surface area contributed by atoms with E-state index < -0.39 is 65.5 Å². The zero-order valence-electron chi connectivity index (χ0n) is 33.8. The molecule has 5 aromatic rings. The van der Waals surface area contributed by atoms with Crippen LogP contribution in [0.2, 0.25) is 0 Å². The molecule has 16 heteroatoms. The van der Waals surface area contributed by atoms with E-state index in [9.17, 15) is 39.0 Å². The molecule has 318 valence electrons. The molecule has 0 fully saturated rings. The summed E-state index contributed by atoms with van der Waals surface area (Å²) >= 11 is 0. The number of cyclic esters (lactones) is 1. The molecule has 0 unspecified atom stereocenters. The van der Waals surface area contributed by atoms with E-state index in [1.807, 2.05) is 48.5 Å². The third-order valence-corrected chi connectivity index (χ3v) is 13.0. The molecule has 2 aliphatic heterocycles. The quantitative estimate of drug-likeness (QED) is 0.132. The summed E-state index contributed by atoms with van der Waals surface area (Å²) in [5.41, 5.74) is 9.43. The second kappa shape index (κ2) is 15.2. The van der Waals surface area contributed by atoms with Crippen molar-refractivity contribution in [1.29, 1.82) is 0 Å². The fraction of sp³-hybridized carbons (Fsp3) is 0.326. The van der Waals surface area contributed by atoms with E-state index in [0.717, 1.165) is 27.2 Å². The van der Waals surface area contributed by atoms with Crippen LogP contribution in [0.4, 0.5) is 9.18 Å². The maximum absolute atomic E-state index is 15.6. The number of fused-ring (bicyclic) bond motifs is 8. The number of nitrogens with one attached hydrogen (secondary N) is 1. The highest BCUT2D eigenvalue weighted by atomic mass is 19.1. The average Bonchev–Trinajstić information content (AvgIpc) is 3.79. The summed E-state index contributed by atoms with van der Waals surface area (Å²) in [6, 6.07) is 15.7. The number of carbonyl (C=O) groups excluding carboxylic acids is 4. The van der Waals surface area contributed by atoms with Crippen LogP contribution in [0, 0.1) is 12.7 Å². The standard InChI is InChI=1S/C46H42FN5O10/c1-3-46(60)31-16-36-41-28(19-51(36)42(55)30(31)21-61-44(46)58)40-34(13-12-23-22(2)32(47)17-33(50-41)39(23)40)52(35(43(56)57)14-15-37(48)53)38(54)18-49-45(59)62-20-29-26-10-6-4-8-24(26)25-9-5-7-11-27(25)29/h4-11,16-17,29,34-35,60H,3,12-15,18-21H2,1-2H3,(H2,48,53)(H,49,59)(H,56,57)/t34-,35-,46-/m0/s1. The molecule has 2 aromatic heterocycles. The lowest BCUT2D eigenvalue weighted by Crippen LogP contribution is -2.51. The molecule has 2 aliphatic carbocycles. The van der Waals surface area contributed by atoms with Gasteiger partial charge >= 0.3 is 18.0 Å². The summed E-state index contributed by atoms with van der Waals surface area (Å²) in [5.74, 6) is -4.74. The number of aliphatic carboxylic acids is 1. The number of alkyl carbamates (subject to hydrolysis) is 1. The van der Waals surface area contributed by atoms with Gasteiger partial charge in [0.1, 0.15) is 31.6 Å². The number of hydrogen-bond acceptors (Lipinski definition) is 10.